The normalized spacial score (nSPS) is 29.5. The molecule has 0 aromatic rings. The number of likely N-dealkylation sites (tertiary alicyclic amines) is 1. The fourth-order valence-corrected chi connectivity index (χ4v) is 2.06. The van der Waals surface area contributed by atoms with Gasteiger partial charge in [-0.25, -0.2) is 0 Å². The van der Waals surface area contributed by atoms with Gasteiger partial charge in [0.2, 0.25) is 0 Å². The molecule has 0 aromatic carbocycles. The monoisotopic (exact) mass is 199 g/mol. The number of hydrogen-bond donors (Lipinski definition) is 0. The summed E-state index contributed by atoms with van der Waals surface area (Å²) in [5.41, 5.74) is -0.163. The zero-order chi connectivity index (χ0) is 10.9. The van der Waals surface area contributed by atoms with Crippen LogP contribution in [0.15, 0.2) is 0 Å². The van der Waals surface area contributed by atoms with Gasteiger partial charge in [-0.15, -0.1) is 0 Å². The van der Waals surface area contributed by atoms with Gasteiger partial charge >= 0.3 is 0 Å². The van der Waals surface area contributed by atoms with E-state index in [0.717, 1.165) is 13.0 Å². The molecule has 3 heteroatoms. The summed E-state index contributed by atoms with van der Waals surface area (Å²) in [5, 5.41) is 0. The molecule has 0 bridgehead atoms. The zero-order valence-electron chi connectivity index (χ0n) is 9.83. The number of Topliss-reactive ketones (excluding diaryl/α,β-unsaturated/α-hetero) is 1. The highest BCUT2D eigenvalue weighted by Crippen LogP contribution is 2.24. The highest BCUT2D eigenvalue weighted by Gasteiger charge is 2.37. The summed E-state index contributed by atoms with van der Waals surface area (Å²) in [5.74, 6) is 0.208. The van der Waals surface area contributed by atoms with Gasteiger partial charge in [-0.2, -0.15) is 0 Å². The quantitative estimate of drug-likeness (QED) is 0.674. The molecule has 14 heavy (non-hydrogen) atoms. The van der Waals surface area contributed by atoms with E-state index in [1.54, 1.807) is 6.92 Å². The summed E-state index contributed by atoms with van der Waals surface area (Å²) in [6.45, 7) is 8.68. The first-order chi connectivity index (χ1) is 6.31. The van der Waals surface area contributed by atoms with Crippen molar-refractivity contribution < 1.29 is 9.53 Å². The molecule has 2 unspecified atom stereocenters. The number of carbonyl (C=O) groups excluding carboxylic acids is 1. The third-order valence-electron chi connectivity index (χ3n) is 2.51. The van der Waals surface area contributed by atoms with E-state index < -0.39 is 0 Å². The van der Waals surface area contributed by atoms with Crippen LogP contribution in [-0.2, 0) is 9.53 Å². The van der Waals surface area contributed by atoms with Gasteiger partial charge < -0.3 is 4.74 Å². The third kappa shape index (κ3) is 2.79. The Balaban J connectivity index is 2.65. The standard InChI is InChI=1S/C11H21NO2/c1-8(13)10-9(6-7-12(10)5)14-11(2,3)4/h9-10H,6-7H2,1-5H3. The molecule has 0 spiro atoms. The molecule has 1 fully saturated rings. The zero-order valence-corrected chi connectivity index (χ0v) is 9.83. The van der Waals surface area contributed by atoms with Crippen LogP contribution in [0.2, 0.25) is 0 Å². The van der Waals surface area contributed by atoms with Crippen LogP contribution in [0.25, 0.3) is 0 Å². The molecule has 0 saturated carbocycles. The second kappa shape index (κ2) is 3.99. The van der Waals surface area contributed by atoms with Crippen LogP contribution in [0.5, 0.6) is 0 Å². The lowest BCUT2D eigenvalue weighted by molar-refractivity contribution is -0.129. The van der Waals surface area contributed by atoms with Crippen LogP contribution >= 0.6 is 0 Å². The summed E-state index contributed by atoms with van der Waals surface area (Å²) in [4.78, 5) is 13.5. The molecule has 1 aliphatic rings. The van der Waals surface area contributed by atoms with Crippen molar-refractivity contribution in [2.75, 3.05) is 13.6 Å². The number of hydrogen-bond acceptors (Lipinski definition) is 3. The van der Waals surface area contributed by atoms with E-state index in [0.29, 0.717) is 0 Å². The largest absolute Gasteiger partial charge is 0.370 e. The molecule has 0 N–H and O–H groups in total. The van der Waals surface area contributed by atoms with Crippen LogP contribution in [0, 0.1) is 0 Å². The van der Waals surface area contributed by atoms with Crippen molar-refractivity contribution in [2.24, 2.45) is 0 Å². The molecule has 1 saturated heterocycles. The highest BCUT2D eigenvalue weighted by molar-refractivity contribution is 5.82. The summed E-state index contributed by atoms with van der Waals surface area (Å²) in [7, 11) is 1.98. The SMILES string of the molecule is CC(=O)C1C(OC(C)(C)C)CCN1C. The molecule has 82 valence electrons. The van der Waals surface area contributed by atoms with E-state index in [2.05, 4.69) is 4.90 Å². The minimum Gasteiger partial charge on any atom is -0.370 e. The van der Waals surface area contributed by atoms with Gasteiger partial charge in [0.25, 0.3) is 0 Å². The van der Waals surface area contributed by atoms with Crippen LogP contribution < -0.4 is 0 Å². The second-order valence-electron chi connectivity index (χ2n) is 5.09. The van der Waals surface area contributed by atoms with Crippen molar-refractivity contribution >= 4 is 5.78 Å². The van der Waals surface area contributed by atoms with Gasteiger partial charge in [0.15, 0.2) is 0 Å². The Bertz CT molecular complexity index is 220. The molecule has 1 heterocycles. The maximum atomic E-state index is 11.4. The number of likely N-dealkylation sites (N-methyl/N-ethyl adjacent to an activating group) is 1. The number of rotatable bonds is 2. The Labute approximate surface area is 86.4 Å². The number of nitrogens with zero attached hydrogens (tertiary/aromatic N) is 1. The van der Waals surface area contributed by atoms with Gasteiger partial charge in [-0.3, -0.25) is 9.69 Å². The number of ether oxygens (including phenoxy) is 1. The van der Waals surface area contributed by atoms with Crippen molar-refractivity contribution in [3.05, 3.63) is 0 Å². The minimum atomic E-state index is -0.163. The lowest BCUT2D eigenvalue weighted by Crippen LogP contribution is -2.42. The van der Waals surface area contributed by atoms with Gasteiger partial charge in [0.05, 0.1) is 17.7 Å². The van der Waals surface area contributed by atoms with Crippen molar-refractivity contribution in [1.82, 2.24) is 4.90 Å². The maximum Gasteiger partial charge on any atom is 0.149 e. The van der Waals surface area contributed by atoms with Gasteiger partial charge in [0.1, 0.15) is 5.78 Å². The average Bonchev–Trinajstić information content (AvgIpc) is 2.27. The minimum absolute atomic E-state index is 0.0470. The highest BCUT2D eigenvalue weighted by atomic mass is 16.5. The molecule has 0 aliphatic carbocycles. The number of carbonyl (C=O) groups is 1. The van der Waals surface area contributed by atoms with Gasteiger partial charge in [-0.1, -0.05) is 0 Å². The summed E-state index contributed by atoms with van der Waals surface area (Å²) >= 11 is 0. The first-order valence-corrected chi connectivity index (χ1v) is 5.20. The first kappa shape index (κ1) is 11.7. The van der Waals surface area contributed by atoms with E-state index in [-0.39, 0.29) is 23.5 Å². The molecule has 1 rings (SSSR count). The van der Waals surface area contributed by atoms with Crippen molar-refractivity contribution in [3.63, 3.8) is 0 Å². The molecular formula is C11H21NO2. The Hall–Kier alpha value is -0.410. The Morgan fingerprint density at radius 1 is 1.43 bits per heavy atom. The molecule has 2 atom stereocenters. The Morgan fingerprint density at radius 2 is 2.00 bits per heavy atom. The topological polar surface area (TPSA) is 29.5 Å². The van der Waals surface area contributed by atoms with Crippen LogP contribution in [0.1, 0.15) is 34.1 Å². The van der Waals surface area contributed by atoms with E-state index >= 15 is 0 Å². The smallest absolute Gasteiger partial charge is 0.149 e. The lowest BCUT2D eigenvalue weighted by atomic mass is 10.1. The fraction of sp³-hybridized carbons (Fsp3) is 0.909. The third-order valence-corrected chi connectivity index (χ3v) is 2.51. The Morgan fingerprint density at radius 3 is 2.43 bits per heavy atom. The Kier molecular flexibility index (Phi) is 3.32. The van der Waals surface area contributed by atoms with Crippen molar-refractivity contribution in [2.45, 2.75) is 51.9 Å². The van der Waals surface area contributed by atoms with Crippen molar-refractivity contribution in [1.29, 1.82) is 0 Å². The van der Waals surface area contributed by atoms with Crippen LogP contribution in [0.3, 0.4) is 0 Å². The molecule has 0 aromatic heterocycles. The molecule has 1 aliphatic heterocycles. The summed E-state index contributed by atoms with van der Waals surface area (Å²) in [6.07, 6.45) is 1.02. The van der Waals surface area contributed by atoms with E-state index in [4.69, 9.17) is 4.74 Å². The van der Waals surface area contributed by atoms with Crippen LogP contribution in [0.4, 0.5) is 0 Å². The van der Waals surface area contributed by atoms with E-state index in [1.807, 2.05) is 27.8 Å². The maximum absolute atomic E-state index is 11.4. The predicted octanol–water partition coefficient (Wildman–Crippen LogP) is 1.46. The predicted molar refractivity (Wildman–Crippen MR) is 56.3 cm³/mol. The summed E-state index contributed by atoms with van der Waals surface area (Å²) < 4.78 is 5.88. The van der Waals surface area contributed by atoms with E-state index in [1.165, 1.54) is 0 Å². The molecular weight excluding hydrogens is 178 g/mol. The fourth-order valence-electron chi connectivity index (χ4n) is 2.06. The summed E-state index contributed by atoms with van der Waals surface area (Å²) in [6, 6.07) is -0.0470. The van der Waals surface area contributed by atoms with Crippen molar-refractivity contribution in [3.8, 4) is 0 Å². The lowest BCUT2D eigenvalue weighted by Gasteiger charge is -2.29. The van der Waals surface area contributed by atoms with Gasteiger partial charge in [0, 0.05) is 6.54 Å². The molecule has 0 radical (unpaired) electrons. The van der Waals surface area contributed by atoms with E-state index in [9.17, 15) is 4.79 Å². The first-order valence-electron chi connectivity index (χ1n) is 5.20. The molecule has 3 nitrogen and oxygen atoms in total. The average molecular weight is 199 g/mol. The van der Waals surface area contributed by atoms with Gasteiger partial charge in [-0.05, 0) is 41.2 Å². The second-order valence-corrected chi connectivity index (χ2v) is 5.09. The molecule has 0 amide bonds. The van der Waals surface area contributed by atoms with Crippen LogP contribution in [-0.4, -0.2) is 42.0 Å². The number of ketones is 1.